The summed E-state index contributed by atoms with van der Waals surface area (Å²) in [6.45, 7) is 7.66. The third kappa shape index (κ3) is 10.9. The topological polar surface area (TPSA) is 108 Å². The van der Waals surface area contributed by atoms with Crippen molar-refractivity contribution in [1.29, 1.82) is 0 Å². The number of ether oxygens (including phenoxy) is 1. The summed E-state index contributed by atoms with van der Waals surface area (Å²) in [5.41, 5.74) is 1.74. The summed E-state index contributed by atoms with van der Waals surface area (Å²) in [6.07, 6.45) is 9.67. The molecule has 3 amide bonds. The number of amides is 3. The fourth-order valence-electron chi connectivity index (χ4n) is 5.68. The lowest BCUT2D eigenvalue weighted by Crippen LogP contribution is -2.53. The van der Waals surface area contributed by atoms with E-state index < -0.39 is 35.6 Å². The Morgan fingerprint density at radius 1 is 0.878 bits per heavy atom. The molecule has 0 aliphatic rings. The summed E-state index contributed by atoms with van der Waals surface area (Å²) >= 11 is 0. The van der Waals surface area contributed by atoms with Gasteiger partial charge in [-0.25, -0.2) is 4.79 Å². The molecule has 0 saturated carbocycles. The third-order valence-corrected chi connectivity index (χ3v) is 8.12. The predicted molar refractivity (Wildman–Crippen MR) is 195 cm³/mol. The van der Waals surface area contributed by atoms with Crippen LogP contribution in [0.15, 0.2) is 91.0 Å². The van der Waals surface area contributed by atoms with E-state index in [4.69, 9.17) is 11.2 Å². The second kappa shape index (κ2) is 17.2. The molecule has 0 fully saturated rings. The molecule has 0 saturated heterocycles. The number of carbonyl (C=O) groups is 3. The van der Waals surface area contributed by atoms with E-state index in [1.165, 1.54) is 12.1 Å². The van der Waals surface area contributed by atoms with Crippen LogP contribution in [-0.2, 0) is 20.7 Å². The average Bonchev–Trinajstić information content (AvgIpc) is 3.07. The van der Waals surface area contributed by atoms with Crippen molar-refractivity contribution in [2.75, 3.05) is 11.9 Å². The minimum atomic E-state index is -1.07. The van der Waals surface area contributed by atoms with Crippen molar-refractivity contribution in [3.8, 4) is 18.1 Å². The van der Waals surface area contributed by atoms with Crippen molar-refractivity contribution in [2.24, 2.45) is 0 Å². The normalized spacial score (nSPS) is 12.4. The monoisotopic (exact) mass is 661 g/mol. The largest absolute Gasteiger partial charge is 0.508 e. The van der Waals surface area contributed by atoms with Crippen LogP contribution in [0.4, 0.5) is 10.5 Å². The first-order chi connectivity index (χ1) is 23.5. The lowest BCUT2D eigenvalue weighted by atomic mass is 9.98. The van der Waals surface area contributed by atoms with Gasteiger partial charge in [0.2, 0.25) is 5.91 Å². The van der Waals surface area contributed by atoms with Crippen LogP contribution in [-0.4, -0.2) is 46.1 Å². The maximum absolute atomic E-state index is 14.8. The van der Waals surface area contributed by atoms with Crippen LogP contribution in [0, 0.1) is 12.3 Å². The smallest absolute Gasteiger partial charge is 0.408 e. The molecule has 0 spiro atoms. The standard InChI is InChI=1S/C41H47N3O5/c1-6-8-9-10-13-26-44(39(47)36(43-40(48)49-41(3,4)5)27-30-18-24-35(45)25-19-30)37(32-20-16-29(7-2)17-21-32)38(46)42-34-23-22-31-14-11-12-15-33(31)28-34/h2,11-12,14-25,28,36-37,45H,6,8-10,13,26-27H2,1,3-5H3,(H,42,46)(H,43,48). The van der Waals surface area contributed by atoms with Crippen LogP contribution in [0.2, 0.25) is 0 Å². The van der Waals surface area contributed by atoms with Crippen molar-refractivity contribution in [3.05, 3.63) is 108 Å². The van der Waals surface area contributed by atoms with Crippen molar-refractivity contribution in [2.45, 2.75) is 83.9 Å². The van der Waals surface area contributed by atoms with Crippen LogP contribution < -0.4 is 10.6 Å². The highest BCUT2D eigenvalue weighted by molar-refractivity contribution is 6.00. The minimum absolute atomic E-state index is 0.0845. The van der Waals surface area contributed by atoms with E-state index >= 15 is 0 Å². The van der Waals surface area contributed by atoms with Crippen LogP contribution in [0.25, 0.3) is 10.8 Å². The number of benzene rings is 4. The Labute approximate surface area is 289 Å². The molecule has 4 rings (SSSR count). The van der Waals surface area contributed by atoms with Crippen LogP contribution >= 0.6 is 0 Å². The number of nitrogens with one attached hydrogen (secondary N) is 2. The first-order valence-electron chi connectivity index (χ1n) is 16.9. The Bertz CT molecular complexity index is 1750. The Kier molecular flexibility index (Phi) is 12.8. The van der Waals surface area contributed by atoms with Crippen molar-refractivity contribution in [3.63, 3.8) is 0 Å². The summed E-state index contributed by atoms with van der Waals surface area (Å²) in [6, 6.07) is 24.9. The SMILES string of the molecule is C#Cc1ccc(C(C(=O)Nc2ccc3ccccc3c2)N(CCCCCCC)C(=O)C(Cc2ccc(O)cc2)NC(=O)OC(C)(C)C)cc1. The van der Waals surface area contributed by atoms with Crippen LogP contribution in [0.5, 0.6) is 5.75 Å². The van der Waals surface area contributed by atoms with Crippen LogP contribution in [0.3, 0.4) is 0 Å². The number of unbranched alkanes of at least 4 members (excludes halogenated alkanes) is 4. The molecule has 3 N–H and O–H groups in total. The molecule has 256 valence electrons. The molecule has 2 unspecified atom stereocenters. The molecule has 8 heteroatoms. The number of rotatable bonds is 14. The van der Waals surface area contributed by atoms with Gasteiger partial charge in [0.05, 0.1) is 0 Å². The van der Waals surface area contributed by atoms with E-state index in [-0.39, 0.29) is 18.7 Å². The van der Waals surface area contributed by atoms with Crippen molar-refractivity contribution < 1.29 is 24.2 Å². The zero-order valence-electron chi connectivity index (χ0n) is 28.9. The molecule has 2 atom stereocenters. The van der Waals surface area contributed by atoms with E-state index in [2.05, 4.69) is 23.5 Å². The van der Waals surface area contributed by atoms with Gasteiger partial charge >= 0.3 is 6.09 Å². The number of hydrogen-bond donors (Lipinski definition) is 3. The zero-order valence-corrected chi connectivity index (χ0v) is 28.9. The zero-order chi connectivity index (χ0) is 35.4. The molecule has 0 radical (unpaired) electrons. The number of phenols is 1. The summed E-state index contributed by atoms with van der Waals surface area (Å²) in [7, 11) is 0. The van der Waals surface area contributed by atoms with Gasteiger partial charge in [-0.2, -0.15) is 0 Å². The number of nitrogens with zero attached hydrogens (tertiary/aromatic N) is 1. The molecule has 0 heterocycles. The number of aromatic hydroxyl groups is 1. The summed E-state index contributed by atoms with van der Waals surface area (Å²) in [5.74, 6) is 1.87. The minimum Gasteiger partial charge on any atom is -0.508 e. The van der Waals surface area contributed by atoms with Gasteiger partial charge in [-0.3, -0.25) is 9.59 Å². The molecule has 0 aliphatic carbocycles. The van der Waals surface area contributed by atoms with Crippen molar-refractivity contribution in [1.82, 2.24) is 10.2 Å². The second-order valence-electron chi connectivity index (χ2n) is 13.2. The highest BCUT2D eigenvalue weighted by Crippen LogP contribution is 2.28. The summed E-state index contributed by atoms with van der Waals surface area (Å²) < 4.78 is 5.55. The summed E-state index contributed by atoms with van der Waals surface area (Å²) in [4.78, 5) is 43.9. The maximum atomic E-state index is 14.8. The van der Waals surface area contributed by atoms with Crippen molar-refractivity contribution >= 4 is 34.4 Å². The number of fused-ring (bicyclic) bond motifs is 1. The molecule has 49 heavy (non-hydrogen) atoms. The molecule has 4 aromatic carbocycles. The van der Waals surface area contributed by atoms with Gasteiger partial charge in [0.25, 0.3) is 5.91 Å². The highest BCUT2D eigenvalue weighted by atomic mass is 16.6. The fraction of sp³-hybridized carbons (Fsp3) is 0.341. The van der Waals surface area contributed by atoms with E-state index in [1.54, 1.807) is 62.1 Å². The van der Waals surface area contributed by atoms with Crippen LogP contribution in [0.1, 0.15) is 82.5 Å². The second-order valence-corrected chi connectivity index (χ2v) is 13.2. The summed E-state index contributed by atoms with van der Waals surface area (Å²) in [5, 5.41) is 17.7. The van der Waals surface area contributed by atoms with Gasteiger partial charge < -0.3 is 25.4 Å². The Morgan fingerprint density at radius 2 is 1.55 bits per heavy atom. The lowest BCUT2D eigenvalue weighted by molar-refractivity contribution is -0.140. The Hall–Kier alpha value is -5.29. The quantitative estimate of drug-likeness (QED) is 0.0934. The molecule has 0 bridgehead atoms. The van der Waals surface area contributed by atoms with Gasteiger partial charge in [-0.05, 0) is 85.5 Å². The Balaban J connectivity index is 1.76. The van der Waals surface area contributed by atoms with Gasteiger partial charge in [-0.15, -0.1) is 6.42 Å². The molecular formula is C41H47N3O5. The van der Waals surface area contributed by atoms with Gasteiger partial charge in [0, 0.05) is 24.2 Å². The van der Waals surface area contributed by atoms with Gasteiger partial charge in [0.15, 0.2) is 0 Å². The average molecular weight is 662 g/mol. The maximum Gasteiger partial charge on any atom is 0.408 e. The molecule has 0 aliphatic heterocycles. The molecule has 0 aromatic heterocycles. The number of phenolic OH excluding ortho intramolecular Hbond substituents is 1. The van der Waals surface area contributed by atoms with Gasteiger partial charge in [-0.1, -0.05) is 93.1 Å². The Morgan fingerprint density at radius 3 is 2.20 bits per heavy atom. The molecular weight excluding hydrogens is 614 g/mol. The van der Waals surface area contributed by atoms with E-state index in [9.17, 15) is 19.5 Å². The predicted octanol–water partition coefficient (Wildman–Crippen LogP) is 8.14. The molecule has 8 nitrogen and oxygen atoms in total. The van der Waals surface area contributed by atoms with E-state index in [0.29, 0.717) is 28.8 Å². The van der Waals surface area contributed by atoms with E-state index in [1.807, 2.05) is 42.5 Å². The number of hydrogen-bond acceptors (Lipinski definition) is 5. The fourth-order valence-corrected chi connectivity index (χ4v) is 5.68. The first kappa shape index (κ1) is 36.5. The van der Waals surface area contributed by atoms with E-state index in [0.717, 1.165) is 36.5 Å². The third-order valence-electron chi connectivity index (χ3n) is 8.12. The lowest BCUT2D eigenvalue weighted by Gasteiger charge is -2.35. The number of anilines is 1. The number of terminal acetylenes is 1. The number of carbonyl (C=O) groups excluding carboxylic acids is 3. The molecule has 4 aromatic rings. The number of alkyl carbamates (subject to hydrolysis) is 1. The highest BCUT2D eigenvalue weighted by Gasteiger charge is 2.36. The van der Waals surface area contributed by atoms with Gasteiger partial charge in [0.1, 0.15) is 23.4 Å². The first-order valence-corrected chi connectivity index (χ1v) is 16.9.